The minimum absolute atomic E-state index is 0.187. The summed E-state index contributed by atoms with van der Waals surface area (Å²) < 4.78 is 196. The fourth-order valence-corrected chi connectivity index (χ4v) is 2.20. The lowest BCUT2D eigenvalue weighted by Crippen LogP contribution is -2.74. The molecule has 17 heteroatoms. The maximum atomic E-state index is 13.7. The molecule has 0 rings (SSSR count). The van der Waals surface area contributed by atoms with Crippen molar-refractivity contribution < 1.29 is 70.7 Å². The molecule has 0 bridgehead atoms. The summed E-state index contributed by atoms with van der Waals surface area (Å²) in [6.45, 7) is 2.56. The predicted molar refractivity (Wildman–Crippen MR) is 77.5 cm³/mol. The monoisotopic (exact) mass is 511 g/mol. The van der Waals surface area contributed by atoms with Crippen LogP contribution in [-0.2, 0) is 4.79 Å². The zero-order chi connectivity index (χ0) is 26.2. The van der Waals surface area contributed by atoms with Gasteiger partial charge < -0.3 is 5.32 Å². The van der Waals surface area contributed by atoms with Crippen LogP contribution in [0, 0.1) is 0 Å². The van der Waals surface area contributed by atoms with Gasteiger partial charge in [-0.05, 0) is 13.3 Å². The fraction of sp³-hybridized carbons (Fsp3) is 0.933. The summed E-state index contributed by atoms with van der Waals surface area (Å²) in [6, 6.07) is -1.44. The largest absolute Gasteiger partial charge is 0.460 e. The van der Waals surface area contributed by atoms with Crippen LogP contribution in [0.4, 0.5) is 65.9 Å². The lowest BCUT2D eigenvalue weighted by Gasteiger charge is -2.41. The first-order valence-corrected chi connectivity index (χ1v) is 8.52. The average Bonchev–Trinajstić information content (AvgIpc) is 2.59. The molecular weight excluding hydrogens is 495 g/mol. The molecule has 0 radical (unpaired) electrons. The molecule has 0 aromatic carbocycles. The van der Waals surface area contributed by atoms with E-state index in [1.165, 1.54) is 0 Å². The van der Waals surface area contributed by atoms with E-state index in [0.29, 0.717) is 12.8 Å². The maximum absolute atomic E-state index is 13.7. The highest BCUT2D eigenvalue weighted by molar-refractivity contribution is 5.85. The van der Waals surface area contributed by atoms with Gasteiger partial charge in [-0.1, -0.05) is 26.2 Å². The Hall–Kier alpha value is -1.58. The number of hydrogen-bond acceptors (Lipinski definition) is 1. The summed E-state index contributed by atoms with van der Waals surface area (Å²) in [4.78, 5) is 11.3. The molecule has 0 aliphatic heterocycles. The Morgan fingerprint density at radius 1 is 0.656 bits per heavy atom. The van der Waals surface area contributed by atoms with Crippen LogP contribution in [0.25, 0.3) is 0 Å². The Morgan fingerprint density at radius 3 is 1.41 bits per heavy atom. The van der Waals surface area contributed by atoms with Crippen molar-refractivity contribution in [3.8, 4) is 0 Å². The highest BCUT2D eigenvalue weighted by Gasteiger charge is 2.94. The van der Waals surface area contributed by atoms with Crippen LogP contribution >= 0.6 is 0 Å². The zero-order valence-corrected chi connectivity index (χ0v) is 16.0. The van der Waals surface area contributed by atoms with E-state index in [-0.39, 0.29) is 12.8 Å². The second-order valence-electron chi connectivity index (χ2n) is 6.81. The number of unbranched alkanes of at least 4 members (excludes halogenated alkanes) is 2. The second-order valence-corrected chi connectivity index (χ2v) is 6.81. The highest BCUT2D eigenvalue weighted by Crippen LogP contribution is 2.62. The van der Waals surface area contributed by atoms with Crippen LogP contribution in [-0.4, -0.2) is 53.7 Å². The van der Waals surface area contributed by atoms with Crippen LogP contribution in [0.1, 0.15) is 39.5 Å². The van der Waals surface area contributed by atoms with Gasteiger partial charge in [-0.3, -0.25) is 4.79 Å². The van der Waals surface area contributed by atoms with Gasteiger partial charge in [0.2, 0.25) is 0 Å². The van der Waals surface area contributed by atoms with Gasteiger partial charge >= 0.3 is 41.7 Å². The van der Waals surface area contributed by atoms with E-state index in [9.17, 15) is 70.7 Å². The van der Waals surface area contributed by atoms with Crippen molar-refractivity contribution >= 4 is 5.91 Å². The Kier molecular flexibility index (Phi) is 8.54. The van der Waals surface area contributed by atoms with Crippen molar-refractivity contribution in [2.75, 3.05) is 0 Å². The van der Waals surface area contributed by atoms with Gasteiger partial charge in [0.25, 0.3) is 5.91 Å². The molecule has 1 unspecified atom stereocenters. The van der Waals surface area contributed by atoms with E-state index >= 15 is 0 Å². The fourth-order valence-electron chi connectivity index (χ4n) is 2.20. The van der Waals surface area contributed by atoms with Crippen LogP contribution in [0.15, 0.2) is 0 Å². The number of nitrogens with one attached hydrogen (secondary N) is 1. The quantitative estimate of drug-likeness (QED) is 0.251. The molecule has 0 aromatic rings. The highest BCUT2D eigenvalue weighted by atomic mass is 19.4. The summed E-state index contributed by atoms with van der Waals surface area (Å²) in [6.07, 6.45) is -6.71. The summed E-state index contributed by atoms with van der Waals surface area (Å²) in [5, 5.41) is 1.04. The van der Waals surface area contributed by atoms with Crippen LogP contribution in [0.5, 0.6) is 0 Å². The topological polar surface area (TPSA) is 29.1 Å². The van der Waals surface area contributed by atoms with Crippen molar-refractivity contribution in [2.45, 2.75) is 87.3 Å². The maximum Gasteiger partial charge on any atom is 0.460 e. The van der Waals surface area contributed by atoms with Gasteiger partial charge in [0.05, 0.1) is 0 Å². The second kappa shape index (κ2) is 8.99. The molecule has 0 aromatic heterocycles. The van der Waals surface area contributed by atoms with Crippen LogP contribution < -0.4 is 5.32 Å². The molecule has 0 aliphatic rings. The van der Waals surface area contributed by atoms with Crippen LogP contribution in [0.2, 0.25) is 0 Å². The molecular formula is C15H16F15NO. The third kappa shape index (κ3) is 4.70. The van der Waals surface area contributed by atoms with E-state index < -0.39 is 53.7 Å². The molecule has 0 aliphatic carbocycles. The third-order valence-electron chi connectivity index (χ3n) is 4.23. The predicted octanol–water partition coefficient (Wildman–Crippen LogP) is 6.45. The van der Waals surface area contributed by atoms with Crippen molar-refractivity contribution in [2.24, 2.45) is 0 Å². The first kappa shape index (κ1) is 30.4. The molecule has 1 amide bonds. The van der Waals surface area contributed by atoms with E-state index in [2.05, 4.69) is 0 Å². The Balaban J connectivity index is 6.17. The summed E-state index contributed by atoms with van der Waals surface area (Å²) in [7, 11) is 0. The minimum Gasteiger partial charge on any atom is -0.348 e. The molecule has 1 atom stereocenters. The molecule has 1 N–H and O–H groups in total. The van der Waals surface area contributed by atoms with Crippen molar-refractivity contribution in [1.29, 1.82) is 0 Å². The average molecular weight is 511 g/mol. The third-order valence-corrected chi connectivity index (χ3v) is 4.23. The molecule has 2 nitrogen and oxygen atoms in total. The van der Waals surface area contributed by atoms with E-state index in [1.807, 2.05) is 0 Å². The lowest BCUT2D eigenvalue weighted by atomic mass is 9.90. The summed E-state index contributed by atoms with van der Waals surface area (Å²) in [5.74, 6) is -51.2. The number of amides is 1. The number of carbonyl (C=O) groups is 1. The lowest BCUT2D eigenvalue weighted by molar-refractivity contribution is -0.449. The van der Waals surface area contributed by atoms with Gasteiger partial charge in [0, 0.05) is 6.04 Å². The van der Waals surface area contributed by atoms with Gasteiger partial charge in [-0.2, -0.15) is 65.9 Å². The van der Waals surface area contributed by atoms with E-state index in [0.717, 1.165) is 12.2 Å². The van der Waals surface area contributed by atoms with Crippen molar-refractivity contribution in [3.63, 3.8) is 0 Å². The van der Waals surface area contributed by atoms with Crippen molar-refractivity contribution in [3.05, 3.63) is 0 Å². The Labute approximate surface area is 170 Å². The Morgan fingerprint density at radius 2 is 1.03 bits per heavy atom. The van der Waals surface area contributed by atoms with Gasteiger partial charge in [0.1, 0.15) is 0 Å². The molecule has 0 saturated carbocycles. The zero-order valence-electron chi connectivity index (χ0n) is 16.0. The van der Waals surface area contributed by atoms with E-state index in [4.69, 9.17) is 0 Å². The number of hydrogen-bond donors (Lipinski definition) is 1. The SMILES string of the molecule is CCCCCC(C)NC(=O)C(F)(F)C(F)(F)C(F)(F)C(F)(F)C(F)(F)C(F)(F)C(F)(F)F. The standard InChI is InChI=1S/C15H16F15NO/c1-3-4-5-6-7(2)31-8(32)9(16,17)10(18,19)11(20,21)12(22,23)13(24,25)14(26,27)15(28,29)30/h7H,3-6H2,1-2H3,(H,31,32). The summed E-state index contributed by atoms with van der Waals surface area (Å²) in [5.41, 5.74) is 0. The smallest absolute Gasteiger partial charge is 0.348 e. The minimum atomic E-state index is -8.40. The molecule has 0 saturated heterocycles. The number of halogens is 15. The van der Waals surface area contributed by atoms with Gasteiger partial charge in [0.15, 0.2) is 0 Å². The normalized spacial score (nSPS) is 16.2. The first-order valence-electron chi connectivity index (χ1n) is 8.52. The summed E-state index contributed by atoms with van der Waals surface area (Å²) >= 11 is 0. The molecule has 0 fully saturated rings. The van der Waals surface area contributed by atoms with E-state index in [1.54, 1.807) is 6.92 Å². The molecule has 192 valence electrons. The number of rotatable bonds is 11. The Bertz CT molecular complexity index is 656. The van der Waals surface area contributed by atoms with Crippen LogP contribution in [0.3, 0.4) is 0 Å². The first-order chi connectivity index (χ1) is 13.9. The molecule has 32 heavy (non-hydrogen) atoms. The van der Waals surface area contributed by atoms with Gasteiger partial charge in [-0.15, -0.1) is 0 Å². The van der Waals surface area contributed by atoms with Gasteiger partial charge in [-0.25, -0.2) is 0 Å². The number of alkyl halides is 15. The molecule has 0 spiro atoms. The number of carbonyl (C=O) groups excluding carboxylic acids is 1. The van der Waals surface area contributed by atoms with Crippen molar-refractivity contribution in [1.82, 2.24) is 5.32 Å². The molecule has 0 heterocycles.